The van der Waals surface area contributed by atoms with E-state index in [1.54, 1.807) is 0 Å². The number of aliphatic hydroxyl groups is 1. The van der Waals surface area contributed by atoms with Crippen molar-refractivity contribution in [3.05, 3.63) is 0 Å². The lowest BCUT2D eigenvalue weighted by Crippen LogP contribution is -2.30. The Kier molecular flexibility index (Phi) is 70.3. The minimum absolute atomic E-state index is 0.108. The van der Waals surface area contributed by atoms with E-state index in [1.807, 2.05) is 0 Å². The van der Waals surface area contributed by atoms with Crippen LogP contribution in [0.4, 0.5) is 0 Å². The third-order valence-corrected chi connectivity index (χ3v) is 21.0. The predicted molar refractivity (Wildman–Crippen MR) is 405 cm³/mol. The van der Waals surface area contributed by atoms with E-state index in [4.69, 9.17) is 37.0 Å². The van der Waals surface area contributed by atoms with Crippen LogP contribution in [0.15, 0.2) is 0 Å². The average molecular weight is 1450 g/mol. The molecule has 0 heterocycles. The minimum Gasteiger partial charge on any atom is -0.462 e. The van der Waals surface area contributed by atoms with E-state index in [0.717, 1.165) is 115 Å². The third kappa shape index (κ3) is 72.8. The van der Waals surface area contributed by atoms with Crippen molar-refractivity contribution in [2.75, 3.05) is 39.6 Å². The van der Waals surface area contributed by atoms with Gasteiger partial charge in [-0.3, -0.25) is 37.3 Å². The van der Waals surface area contributed by atoms with Crippen LogP contribution in [0, 0.1) is 11.8 Å². The van der Waals surface area contributed by atoms with Gasteiger partial charge in [0.1, 0.15) is 19.3 Å². The zero-order valence-corrected chi connectivity index (χ0v) is 66.6. The lowest BCUT2D eigenvalue weighted by molar-refractivity contribution is -0.161. The molecule has 0 aliphatic carbocycles. The summed E-state index contributed by atoms with van der Waals surface area (Å²) in [7, 11) is -9.91. The number of carbonyl (C=O) groups is 4. The molecule has 0 amide bonds. The van der Waals surface area contributed by atoms with Gasteiger partial charge in [0.15, 0.2) is 12.2 Å². The zero-order chi connectivity index (χ0) is 72.8. The summed E-state index contributed by atoms with van der Waals surface area (Å²) in [5.74, 6) is -0.461. The van der Waals surface area contributed by atoms with Crippen LogP contribution in [-0.2, 0) is 65.4 Å². The second-order valence-corrected chi connectivity index (χ2v) is 32.4. The highest BCUT2D eigenvalue weighted by Gasteiger charge is 2.30. The van der Waals surface area contributed by atoms with Gasteiger partial charge < -0.3 is 33.8 Å². The summed E-state index contributed by atoms with van der Waals surface area (Å²) in [6, 6.07) is 0. The van der Waals surface area contributed by atoms with Crippen molar-refractivity contribution >= 4 is 39.5 Å². The van der Waals surface area contributed by atoms with Gasteiger partial charge in [-0.15, -0.1) is 0 Å². The first-order chi connectivity index (χ1) is 47.9. The summed E-state index contributed by atoms with van der Waals surface area (Å²) in [6.45, 7) is 9.67. The first-order valence-corrected chi connectivity index (χ1v) is 44.5. The van der Waals surface area contributed by atoms with Crippen molar-refractivity contribution in [1.82, 2.24) is 0 Å². The number of hydrogen-bond acceptors (Lipinski definition) is 15. The Hall–Kier alpha value is -1.94. The summed E-state index contributed by atoms with van der Waals surface area (Å²) in [4.78, 5) is 72.9. The monoisotopic (exact) mass is 1450 g/mol. The van der Waals surface area contributed by atoms with Gasteiger partial charge in [-0.05, 0) is 37.5 Å². The Balaban J connectivity index is 5.19. The summed E-state index contributed by atoms with van der Waals surface area (Å²) in [5, 5.41) is 10.6. The molecule has 6 atom stereocenters. The molecule has 0 saturated heterocycles. The van der Waals surface area contributed by atoms with E-state index in [-0.39, 0.29) is 25.7 Å². The van der Waals surface area contributed by atoms with E-state index in [0.29, 0.717) is 25.7 Å². The van der Waals surface area contributed by atoms with E-state index in [2.05, 4.69) is 41.5 Å². The lowest BCUT2D eigenvalue weighted by Gasteiger charge is -2.21. The maximum Gasteiger partial charge on any atom is 0.472 e. The first-order valence-electron chi connectivity index (χ1n) is 41.5. The molecule has 0 bridgehead atoms. The number of unbranched alkanes of at least 4 members (excludes halogenated alkanes) is 48. The number of esters is 4. The molecule has 0 rings (SSSR count). The zero-order valence-electron chi connectivity index (χ0n) is 64.8. The molecule has 0 fully saturated rings. The maximum atomic E-state index is 13.1. The Morgan fingerprint density at radius 3 is 0.768 bits per heavy atom. The minimum atomic E-state index is -4.96. The van der Waals surface area contributed by atoms with Crippen molar-refractivity contribution in [3.8, 4) is 0 Å². The molecule has 99 heavy (non-hydrogen) atoms. The van der Waals surface area contributed by atoms with Gasteiger partial charge in [0.25, 0.3) is 0 Å². The van der Waals surface area contributed by atoms with Crippen LogP contribution in [0.25, 0.3) is 0 Å². The number of ether oxygens (including phenoxy) is 4. The molecule has 0 spiro atoms. The number of hydrogen-bond donors (Lipinski definition) is 3. The summed E-state index contributed by atoms with van der Waals surface area (Å²) in [5.41, 5.74) is 0. The molecule has 17 nitrogen and oxygen atoms in total. The average Bonchev–Trinajstić information content (AvgIpc) is 1.04. The third-order valence-electron chi connectivity index (χ3n) is 19.1. The van der Waals surface area contributed by atoms with E-state index < -0.39 is 97.5 Å². The van der Waals surface area contributed by atoms with Crippen LogP contribution in [0.3, 0.4) is 0 Å². The van der Waals surface area contributed by atoms with Crippen LogP contribution in [0.2, 0.25) is 0 Å². The Bertz CT molecular complexity index is 1910. The Labute approximate surface area is 607 Å². The van der Waals surface area contributed by atoms with Crippen molar-refractivity contribution < 1.29 is 80.2 Å². The standard InChI is InChI=1S/C80H156O17P2/c1-7-10-12-14-16-17-18-19-20-23-30-35-40-46-52-58-64-79(84)96-75(68-90-77(82)62-56-50-42-15-13-11-8-2)70-94-98(86,87)92-66-74(81)67-93-99(88,89)95-71-76(97-80(85)65-59-53-47-41-36-31-24-21-22-27-32-37-43-48-54-60-72(4)5)69-91-78(83)63-57-51-45-39-34-29-26-25-28-33-38-44-49-55-61-73(6)9-3/h72-76,81H,7-71H2,1-6H3,(H,86,87)(H,88,89)/t73?,74-,75+,76+/m0/s1. The SMILES string of the molecule is CCCCCCCCCCCCCCCCCCC(=O)O[C@H](COC(=O)CCCCCCCCC)COP(=O)(O)OC[C@H](O)COP(=O)(O)OC[C@@H](COC(=O)CCCCCCCCCCCCCCCCC(C)CC)OC(=O)CCCCCCCCCCCCCCCCCC(C)C. The molecule has 0 aromatic rings. The van der Waals surface area contributed by atoms with Gasteiger partial charge in [0, 0.05) is 25.7 Å². The highest BCUT2D eigenvalue weighted by Crippen LogP contribution is 2.45. The Morgan fingerprint density at radius 1 is 0.293 bits per heavy atom. The number of carbonyl (C=O) groups excluding carboxylic acids is 4. The fraction of sp³-hybridized carbons (Fsp3) is 0.950. The maximum absolute atomic E-state index is 13.1. The molecule has 0 radical (unpaired) electrons. The van der Waals surface area contributed by atoms with Gasteiger partial charge in [-0.25, -0.2) is 9.13 Å². The molecule has 0 aromatic carbocycles. The van der Waals surface area contributed by atoms with Crippen LogP contribution in [-0.4, -0.2) is 96.7 Å². The van der Waals surface area contributed by atoms with Crippen molar-refractivity contribution in [2.45, 2.75) is 439 Å². The molecule has 0 aromatic heterocycles. The van der Waals surface area contributed by atoms with Crippen LogP contribution in [0.5, 0.6) is 0 Å². The number of phosphoric ester groups is 2. The van der Waals surface area contributed by atoms with Crippen LogP contribution < -0.4 is 0 Å². The van der Waals surface area contributed by atoms with Gasteiger partial charge in [0.2, 0.25) is 0 Å². The molecule has 19 heteroatoms. The summed E-state index contributed by atoms with van der Waals surface area (Å²) < 4.78 is 68.6. The van der Waals surface area contributed by atoms with E-state index in [1.165, 1.54) is 225 Å². The summed E-state index contributed by atoms with van der Waals surface area (Å²) in [6.07, 6.45) is 61.1. The number of rotatable bonds is 79. The van der Waals surface area contributed by atoms with Gasteiger partial charge in [0.05, 0.1) is 26.4 Å². The molecule has 0 aliphatic rings. The van der Waals surface area contributed by atoms with Gasteiger partial charge in [-0.2, -0.15) is 0 Å². The largest absolute Gasteiger partial charge is 0.472 e. The normalized spacial score (nSPS) is 14.2. The van der Waals surface area contributed by atoms with Gasteiger partial charge in [-0.1, -0.05) is 369 Å². The molecule has 588 valence electrons. The quantitative estimate of drug-likeness (QED) is 0.0222. The van der Waals surface area contributed by atoms with E-state index in [9.17, 15) is 43.2 Å². The predicted octanol–water partition coefficient (Wildman–Crippen LogP) is 23.9. The molecule has 3 unspecified atom stereocenters. The number of aliphatic hydroxyl groups excluding tert-OH is 1. The van der Waals surface area contributed by atoms with Crippen molar-refractivity contribution in [1.29, 1.82) is 0 Å². The summed E-state index contributed by atoms with van der Waals surface area (Å²) >= 11 is 0. The topological polar surface area (TPSA) is 237 Å². The first kappa shape index (κ1) is 97.1. The van der Waals surface area contributed by atoms with Gasteiger partial charge >= 0.3 is 39.5 Å². The van der Waals surface area contributed by atoms with Crippen LogP contribution >= 0.6 is 15.6 Å². The molecular formula is C80H156O17P2. The van der Waals surface area contributed by atoms with Crippen molar-refractivity contribution in [3.63, 3.8) is 0 Å². The molecule has 0 saturated carbocycles. The molecular weight excluding hydrogens is 1290 g/mol. The number of phosphoric acid groups is 2. The fourth-order valence-corrected chi connectivity index (χ4v) is 13.9. The molecule has 3 N–H and O–H groups in total. The smallest absolute Gasteiger partial charge is 0.462 e. The Morgan fingerprint density at radius 2 is 0.515 bits per heavy atom. The second-order valence-electron chi connectivity index (χ2n) is 29.5. The highest BCUT2D eigenvalue weighted by molar-refractivity contribution is 7.47. The second kappa shape index (κ2) is 71.7. The lowest BCUT2D eigenvalue weighted by atomic mass is 9.99. The molecule has 0 aliphatic heterocycles. The fourth-order valence-electron chi connectivity index (χ4n) is 12.3. The van der Waals surface area contributed by atoms with E-state index >= 15 is 0 Å². The highest BCUT2D eigenvalue weighted by atomic mass is 31.2. The van der Waals surface area contributed by atoms with Crippen molar-refractivity contribution in [2.24, 2.45) is 11.8 Å². The van der Waals surface area contributed by atoms with Crippen LogP contribution in [0.1, 0.15) is 420 Å².